The Morgan fingerprint density at radius 1 is 0.824 bits per heavy atom. The monoisotopic (exact) mass is 222 g/mol. The lowest BCUT2D eigenvalue weighted by Gasteiger charge is -2.01. The van der Waals surface area contributed by atoms with E-state index in [1.807, 2.05) is 48.5 Å². The number of para-hydroxylation sites is 1. The maximum atomic E-state index is 5.73. The standard InChI is InChI=1S/C13H10N4/c14-10-5-3-4-9(8-10)13-15-11-6-1-2-7-12(11)16-17-13/h1-8H,14H2. The normalized spacial score (nSPS) is 10.6. The molecule has 0 unspecified atom stereocenters. The van der Waals surface area contributed by atoms with Crippen LogP contribution in [0.4, 0.5) is 5.69 Å². The molecular weight excluding hydrogens is 212 g/mol. The van der Waals surface area contributed by atoms with Crippen LogP contribution in [-0.2, 0) is 0 Å². The number of fused-ring (bicyclic) bond motifs is 1. The van der Waals surface area contributed by atoms with Gasteiger partial charge in [0.25, 0.3) is 0 Å². The van der Waals surface area contributed by atoms with Crippen LogP contribution in [0, 0.1) is 0 Å². The highest BCUT2D eigenvalue weighted by Crippen LogP contribution is 2.18. The average molecular weight is 222 g/mol. The Morgan fingerprint density at radius 2 is 1.65 bits per heavy atom. The Bertz CT molecular complexity index is 679. The van der Waals surface area contributed by atoms with Gasteiger partial charge in [0.1, 0.15) is 5.52 Å². The first-order valence-corrected chi connectivity index (χ1v) is 5.28. The van der Waals surface area contributed by atoms with Crippen LogP contribution in [0.1, 0.15) is 0 Å². The Hall–Kier alpha value is -2.49. The average Bonchev–Trinajstić information content (AvgIpc) is 2.38. The molecule has 0 spiro atoms. The highest BCUT2D eigenvalue weighted by atomic mass is 15.1. The maximum Gasteiger partial charge on any atom is 0.182 e. The molecule has 3 rings (SSSR count). The third-order valence-electron chi connectivity index (χ3n) is 2.51. The Morgan fingerprint density at radius 3 is 2.47 bits per heavy atom. The summed E-state index contributed by atoms with van der Waals surface area (Å²) in [6.07, 6.45) is 0. The molecule has 0 aliphatic heterocycles. The van der Waals surface area contributed by atoms with Gasteiger partial charge in [-0.3, -0.25) is 0 Å². The molecule has 0 amide bonds. The second-order valence-electron chi connectivity index (χ2n) is 3.75. The molecule has 0 saturated heterocycles. The fourth-order valence-electron chi connectivity index (χ4n) is 1.68. The molecule has 2 N–H and O–H groups in total. The van der Waals surface area contributed by atoms with Crippen LogP contribution in [0.5, 0.6) is 0 Å². The van der Waals surface area contributed by atoms with Crippen LogP contribution < -0.4 is 5.73 Å². The lowest BCUT2D eigenvalue weighted by molar-refractivity contribution is 1.03. The van der Waals surface area contributed by atoms with Crippen molar-refractivity contribution in [3.05, 3.63) is 48.5 Å². The maximum absolute atomic E-state index is 5.73. The molecule has 82 valence electrons. The number of aromatic nitrogens is 3. The molecule has 0 saturated carbocycles. The number of hydrogen-bond acceptors (Lipinski definition) is 4. The van der Waals surface area contributed by atoms with Gasteiger partial charge in [0, 0.05) is 11.3 Å². The minimum absolute atomic E-state index is 0.594. The minimum Gasteiger partial charge on any atom is -0.399 e. The number of benzene rings is 2. The molecule has 0 bridgehead atoms. The zero-order chi connectivity index (χ0) is 11.7. The smallest absolute Gasteiger partial charge is 0.182 e. The molecule has 1 heterocycles. The molecule has 0 radical (unpaired) electrons. The van der Waals surface area contributed by atoms with Crippen LogP contribution in [0.3, 0.4) is 0 Å². The zero-order valence-electron chi connectivity index (χ0n) is 9.04. The highest BCUT2D eigenvalue weighted by molar-refractivity contribution is 5.75. The first-order valence-electron chi connectivity index (χ1n) is 5.28. The van der Waals surface area contributed by atoms with E-state index in [4.69, 9.17) is 5.73 Å². The van der Waals surface area contributed by atoms with Gasteiger partial charge < -0.3 is 5.73 Å². The van der Waals surface area contributed by atoms with Crippen molar-refractivity contribution in [1.29, 1.82) is 0 Å². The van der Waals surface area contributed by atoms with Gasteiger partial charge in [0.15, 0.2) is 5.82 Å². The van der Waals surface area contributed by atoms with Gasteiger partial charge in [0.2, 0.25) is 0 Å². The second kappa shape index (κ2) is 3.83. The second-order valence-corrected chi connectivity index (χ2v) is 3.75. The molecule has 2 aromatic carbocycles. The molecule has 1 aromatic heterocycles. The van der Waals surface area contributed by atoms with Crippen LogP contribution >= 0.6 is 0 Å². The third-order valence-corrected chi connectivity index (χ3v) is 2.51. The summed E-state index contributed by atoms with van der Waals surface area (Å²) in [5.41, 5.74) is 8.93. The number of hydrogen-bond donors (Lipinski definition) is 1. The van der Waals surface area contributed by atoms with Crippen molar-refractivity contribution >= 4 is 16.7 Å². The molecule has 17 heavy (non-hydrogen) atoms. The van der Waals surface area contributed by atoms with E-state index in [1.165, 1.54) is 0 Å². The van der Waals surface area contributed by atoms with Crippen LogP contribution in [0.15, 0.2) is 48.5 Å². The lowest BCUT2D eigenvalue weighted by atomic mass is 10.2. The van der Waals surface area contributed by atoms with E-state index in [0.29, 0.717) is 11.5 Å². The van der Waals surface area contributed by atoms with E-state index < -0.39 is 0 Å². The van der Waals surface area contributed by atoms with Crippen LogP contribution in [-0.4, -0.2) is 15.2 Å². The fraction of sp³-hybridized carbons (Fsp3) is 0. The fourth-order valence-corrected chi connectivity index (χ4v) is 1.68. The summed E-state index contributed by atoms with van der Waals surface area (Å²) in [6.45, 7) is 0. The Labute approximate surface area is 98.1 Å². The zero-order valence-corrected chi connectivity index (χ0v) is 9.04. The van der Waals surface area contributed by atoms with Gasteiger partial charge in [-0.25, -0.2) is 4.98 Å². The van der Waals surface area contributed by atoms with Gasteiger partial charge in [0.05, 0.1) is 5.52 Å². The summed E-state index contributed by atoms with van der Waals surface area (Å²) in [5.74, 6) is 0.594. The van der Waals surface area contributed by atoms with Gasteiger partial charge in [-0.1, -0.05) is 24.3 Å². The van der Waals surface area contributed by atoms with Crippen molar-refractivity contribution in [3.8, 4) is 11.4 Å². The van der Waals surface area contributed by atoms with Crippen molar-refractivity contribution in [2.45, 2.75) is 0 Å². The van der Waals surface area contributed by atoms with Crippen molar-refractivity contribution in [1.82, 2.24) is 15.2 Å². The molecule has 0 fully saturated rings. The number of rotatable bonds is 1. The topological polar surface area (TPSA) is 64.7 Å². The third kappa shape index (κ3) is 1.80. The lowest BCUT2D eigenvalue weighted by Crippen LogP contribution is -1.94. The number of nitrogens with two attached hydrogens (primary N) is 1. The van der Waals surface area contributed by atoms with E-state index in [9.17, 15) is 0 Å². The summed E-state index contributed by atoms with van der Waals surface area (Å²) < 4.78 is 0. The van der Waals surface area contributed by atoms with E-state index in [1.54, 1.807) is 0 Å². The first-order chi connectivity index (χ1) is 8.33. The van der Waals surface area contributed by atoms with Crippen LogP contribution in [0.2, 0.25) is 0 Å². The van der Waals surface area contributed by atoms with Crippen molar-refractivity contribution in [3.63, 3.8) is 0 Å². The molecule has 0 atom stereocenters. The number of nitrogen functional groups attached to an aromatic ring is 1. The van der Waals surface area contributed by atoms with Crippen molar-refractivity contribution in [2.75, 3.05) is 5.73 Å². The van der Waals surface area contributed by atoms with Crippen LogP contribution in [0.25, 0.3) is 22.4 Å². The minimum atomic E-state index is 0.594. The van der Waals surface area contributed by atoms with Gasteiger partial charge in [-0.15, -0.1) is 10.2 Å². The predicted octanol–water partition coefficient (Wildman–Crippen LogP) is 2.27. The Balaban J connectivity index is 2.18. The SMILES string of the molecule is Nc1cccc(-c2nnc3ccccc3n2)c1. The van der Waals surface area contributed by atoms with Gasteiger partial charge >= 0.3 is 0 Å². The predicted molar refractivity (Wildman–Crippen MR) is 67.2 cm³/mol. The van der Waals surface area contributed by atoms with E-state index in [2.05, 4.69) is 15.2 Å². The largest absolute Gasteiger partial charge is 0.399 e. The van der Waals surface area contributed by atoms with E-state index >= 15 is 0 Å². The summed E-state index contributed by atoms with van der Waals surface area (Å²) in [7, 11) is 0. The summed E-state index contributed by atoms with van der Waals surface area (Å²) in [5, 5.41) is 8.24. The molecule has 0 aliphatic carbocycles. The van der Waals surface area contributed by atoms with Gasteiger partial charge in [-0.05, 0) is 24.3 Å². The first kappa shape index (κ1) is 9.72. The molecule has 0 aliphatic rings. The summed E-state index contributed by atoms with van der Waals surface area (Å²) in [6, 6.07) is 15.1. The quantitative estimate of drug-likeness (QED) is 0.641. The van der Waals surface area contributed by atoms with E-state index in [-0.39, 0.29) is 0 Å². The van der Waals surface area contributed by atoms with Gasteiger partial charge in [-0.2, -0.15) is 0 Å². The number of anilines is 1. The summed E-state index contributed by atoms with van der Waals surface area (Å²) in [4.78, 5) is 4.46. The highest BCUT2D eigenvalue weighted by Gasteiger charge is 2.03. The van der Waals surface area contributed by atoms with E-state index in [0.717, 1.165) is 16.6 Å². The molecule has 3 aromatic rings. The summed E-state index contributed by atoms with van der Waals surface area (Å²) >= 11 is 0. The van der Waals surface area contributed by atoms with Crippen molar-refractivity contribution in [2.24, 2.45) is 0 Å². The molecule has 4 heteroatoms. The van der Waals surface area contributed by atoms with Crippen molar-refractivity contribution < 1.29 is 0 Å². The molecular formula is C13H10N4. The number of nitrogens with zero attached hydrogens (tertiary/aromatic N) is 3. The molecule has 4 nitrogen and oxygen atoms in total. The Kier molecular flexibility index (Phi) is 2.19.